The molecule has 0 radical (unpaired) electrons. The molecule has 1 unspecified atom stereocenters. The van der Waals surface area contributed by atoms with E-state index in [0.717, 1.165) is 29.2 Å². The van der Waals surface area contributed by atoms with Gasteiger partial charge in [-0.15, -0.1) is 11.8 Å². The van der Waals surface area contributed by atoms with E-state index in [1.807, 2.05) is 24.3 Å². The SMILES string of the molecule is COc1ccccc1SCC(C)CNC(=O)C1(N)CC1. The molecule has 1 aliphatic carbocycles. The Hall–Kier alpha value is -1.20. The van der Waals surface area contributed by atoms with Gasteiger partial charge in [-0.3, -0.25) is 4.79 Å². The summed E-state index contributed by atoms with van der Waals surface area (Å²) in [6, 6.07) is 7.97. The Labute approximate surface area is 124 Å². The number of benzene rings is 1. The van der Waals surface area contributed by atoms with E-state index < -0.39 is 5.54 Å². The van der Waals surface area contributed by atoms with Crippen LogP contribution in [-0.2, 0) is 4.79 Å². The number of carbonyl (C=O) groups is 1. The van der Waals surface area contributed by atoms with Crippen molar-refractivity contribution in [2.75, 3.05) is 19.4 Å². The van der Waals surface area contributed by atoms with Crippen LogP contribution < -0.4 is 15.8 Å². The molecule has 110 valence electrons. The minimum absolute atomic E-state index is 0.00774. The fraction of sp³-hybridized carbons (Fsp3) is 0.533. The zero-order chi connectivity index (χ0) is 14.6. The Kier molecular flexibility index (Phi) is 4.94. The first kappa shape index (κ1) is 15.2. The summed E-state index contributed by atoms with van der Waals surface area (Å²) in [5.74, 6) is 2.20. The van der Waals surface area contributed by atoms with Crippen LogP contribution >= 0.6 is 11.8 Å². The quantitative estimate of drug-likeness (QED) is 0.755. The highest BCUT2D eigenvalue weighted by Crippen LogP contribution is 2.32. The summed E-state index contributed by atoms with van der Waals surface area (Å²) >= 11 is 1.75. The maximum Gasteiger partial charge on any atom is 0.240 e. The number of nitrogens with one attached hydrogen (secondary N) is 1. The first-order valence-electron chi connectivity index (χ1n) is 6.88. The normalized spacial score (nSPS) is 17.4. The fourth-order valence-corrected chi connectivity index (χ4v) is 2.88. The highest BCUT2D eigenvalue weighted by molar-refractivity contribution is 7.99. The molecule has 0 aliphatic heterocycles. The number of nitrogens with two attached hydrogens (primary N) is 1. The Balaban J connectivity index is 1.74. The van der Waals surface area contributed by atoms with Gasteiger partial charge in [0.25, 0.3) is 0 Å². The van der Waals surface area contributed by atoms with E-state index in [2.05, 4.69) is 12.2 Å². The van der Waals surface area contributed by atoms with Crippen LogP contribution in [0.1, 0.15) is 19.8 Å². The molecule has 1 aromatic rings. The number of para-hydroxylation sites is 1. The number of amides is 1. The molecular weight excluding hydrogens is 272 g/mol. The monoisotopic (exact) mass is 294 g/mol. The standard InChI is InChI=1S/C15H22N2O2S/c1-11(9-17-14(18)15(16)7-8-15)10-20-13-6-4-3-5-12(13)19-2/h3-6,11H,7-10,16H2,1-2H3,(H,17,18). The van der Waals surface area contributed by atoms with E-state index >= 15 is 0 Å². The van der Waals surface area contributed by atoms with Gasteiger partial charge in [0.1, 0.15) is 5.75 Å². The molecule has 0 saturated heterocycles. The molecule has 5 heteroatoms. The van der Waals surface area contributed by atoms with Gasteiger partial charge in [0.05, 0.1) is 12.6 Å². The van der Waals surface area contributed by atoms with Gasteiger partial charge >= 0.3 is 0 Å². The third kappa shape index (κ3) is 3.90. The summed E-state index contributed by atoms with van der Waals surface area (Å²) in [5.41, 5.74) is 5.27. The van der Waals surface area contributed by atoms with Gasteiger partial charge in [0.2, 0.25) is 5.91 Å². The average Bonchev–Trinajstić information content (AvgIpc) is 3.22. The van der Waals surface area contributed by atoms with Crippen molar-refractivity contribution in [3.8, 4) is 5.75 Å². The Morgan fingerprint density at radius 2 is 2.20 bits per heavy atom. The third-order valence-corrected chi connectivity index (χ3v) is 4.83. The number of carbonyl (C=O) groups excluding carboxylic acids is 1. The molecule has 20 heavy (non-hydrogen) atoms. The van der Waals surface area contributed by atoms with Crippen LogP contribution in [0, 0.1) is 5.92 Å². The van der Waals surface area contributed by atoms with Gasteiger partial charge in [-0.05, 0) is 30.9 Å². The van der Waals surface area contributed by atoms with Crippen LogP contribution in [0.2, 0.25) is 0 Å². The van der Waals surface area contributed by atoms with Crippen LogP contribution in [0.15, 0.2) is 29.2 Å². The average molecular weight is 294 g/mol. The molecule has 1 fully saturated rings. The van der Waals surface area contributed by atoms with Crippen LogP contribution in [0.3, 0.4) is 0 Å². The zero-order valence-electron chi connectivity index (χ0n) is 12.0. The van der Waals surface area contributed by atoms with Crippen LogP contribution in [-0.4, -0.2) is 30.9 Å². The molecular formula is C15H22N2O2S. The van der Waals surface area contributed by atoms with Gasteiger partial charge in [-0.1, -0.05) is 19.1 Å². The molecule has 1 aliphatic rings. The summed E-state index contributed by atoms with van der Waals surface area (Å²) in [5, 5.41) is 2.94. The molecule has 2 rings (SSSR count). The number of hydrogen-bond acceptors (Lipinski definition) is 4. The molecule has 0 bridgehead atoms. The Morgan fingerprint density at radius 3 is 2.85 bits per heavy atom. The fourth-order valence-electron chi connectivity index (χ4n) is 1.83. The molecule has 0 aromatic heterocycles. The zero-order valence-corrected chi connectivity index (χ0v) is 12.8. The maximum absolute atomic E-state index is 11.7. The van der Waals surface area contributed by atoms with E-state index in [1.165, 1.54) is 0 Å². The first-order chi connectivity index (χ1) is 9.55. The van der Waals surface area contributed by atoms with Crippen molar-refractivity contribution < 1.29 is 9.53 Å². The molecule has 1 atom stereocenters. The second-order valence-electron chi connectivity index (χ2n) is 5.43. The van der Waals surface area contributed by atoms with E-state index in [-0.39, 0.29) is 5.91 Å². The smallest absolute Gasteiger partial charge is 0.240 e. The lowest BCUT2D eigenvalue weighted by molar-refractivity contribution is -0.123. The van der Waals surface area contributed by atoms with Crippen LogP contribution in [0.5, 0.6) is 5.75 Å². The third-order valence-electron chi connectivity index (χ3n) is 3.44. The lowest BCUT2D eigenvalue weighted by Crippen LogP contribution is -2.44. The van der Waals surface area contributed by atoms with E-state index in [4.69, 9.17) is 10.5 Å². The highest BCUT2D eigenvalue weighted by Gasteiger charge is 2.45. The minimum atomic E-state index is -0.574. The van der Waals surface area contributed by atoms with Crippen molar-refractivity contribution in [1.82, 2.24) is 5.32 Å². The highest BCUT2D eigenvalue weighted by atomic mass is 32.2. The largest absolute Gasteiger partial charge is 0.496 e. The van der Waals surface area contributed by atoms with Gasteiger partial charge in [-0.25, -0.2) is 0 Å². The maximum atomic E-state index is 11.7. The van der Waals surface area contributed by atoms with E-state index in [0.29, 0.717) is 12.5 Å². The van der Waals surface area contributed by atoms with Crippen LogP contribution in [0.4, 0.5) is 0 Å². The van der Waals surface area contributed by atoms with Crippen molar-refractivity contribution in [3.63, 3.8) is 0 Å². The van der Waals surface area contributed by atoms with Crippen molar-refractivity contribution in [1.29, 1.82) is 0 Å². The van der Waals surface area contributed by atoms with Gasteiger partial charge < -0.3 is 15.8 Å². The molecule has 1 aromatic carbocycles. The molecule has 3 N–H and O–H groups in total. The summed E-state index contributed by atoms with van der Waals surface area (Å²) in [6.07, 6.45) is 1.62. The number of methoxy groups -OCH3 is 1. The summed E-state index contributed by atoms with van der Waals surface area (Å²) < 4.78 is 5.32. The molecule has 1 amide bonds. The number of ether oxygens (including phenoxy) is 1. The van der Waals surface area contributed by atoms with Crippen molar-refractivity contribution in [2.45, 2.75) is 30.2 Å². The minimum Gasteiger partial charge on any atom is -0.496 e. The van der Waals surface area contributed by atoms with Crippen molar-refractivity contribution in [2.24, 2.45) is 11.7 Å². The second-order valence-corrected chi connectivity index (χ2v) is 6.50. The summed E-state index contributed by atoms with van der Waals surface area (Å²) in [7, 11) is 1.68. The Morgan fingerprint density at radius 1 is 1.50 bits per heavy atom. The predicted octanol–water partition coefficient (Wildman–Crippen LogP) is 2.03. The van der Waals surface area contributed by atoms with Crippen molar-refractivity contribution >= 4 is 17.7 Å². The van der Waals surface area contributed by atoms with Crippen molar-refractivity contribution in [3.05, 3.63) is 24.3 Å². The number of rotatable bonds is 7. The van der Waals surface area contributed by atoms with Gasteiger partial charge in [0, 0.05) is 17.2 Å². The first-order valence-corrected chi connectivity index (χ1v) is 7.87. The lowest BCUT2D eigenvalue weighted by Gasteiger charge is -2.15. The molecule has 0 spiro atoms. The number of hydrogen-bond donors (Lipinski definition) is 2. The number of thioether (sulfide) groups is 1. The topological polar surface area (TPSA) is 64.3 Å². The molecule has 0 heterocycles. The second kappa shape index (κ2) is 6.50. The van der Waals surface area contributed by atoms with Gasteiger partial charge in [-0.2, -0.15) is 0 Å². The van der Waals surface area contributed by atoms with Gasteiger partial charge in [0.15, 0.2) is 0 Å². The Bertz CT molecular complexity index is 475. The van der Waals surface area contributed by atoms with E-state index in [9.17, 15) is 4.79 Å². The summed E-state index contributed by atoms with van der Waals surface area (Å²) in [6.45, 7) is 2.79. The molecule has 1 saturated carbocycles. The summed E-state index contributed by atoms with van der Waals surface area (Å²) in [4.78, 5) is 12.9. The van der Waals surface area contributed by atoms with E-state index in [1.54, 1.807) is 18.9 Å². The predicted molar refractivity (Wildman–Crippen MR) is 82.0 cm³/mol. The molecule has 4 nitrogen and oxygen atoms in total. The lowest BCUT2D eigenvalue weighted by atomic mass is 10.2. The van der Waals surface area contributed by atoms with Crippen LogP contribution in [0.25, 0.3) is 0 Å².